The Hall–Kier alpha value is -1.82. The fourth-order valence-corrected chi connectivity index (χ4v) is 7.07. The van der Waals surface area contributed by atoms with Gasteiger partial charge in [0.25, 0.3) is 10.0 Å². The zero-order chi connectivity index (χ0) is 23.8. The van der Waals surface area contributed by atoms with Gasteiger partial charge in [0.1, 0.15) is 0 Å². The smallest absolute Gasteiger partial charge is 0.261 e. The fourth-order valence-electron chi connectivity index (χ4n) is 3.95. The minimum Gasteiger partial charge on any atom is -0.358 e. The second-order valence-corrected chi connectivity index (χ2v) is 12.3. The molecule has 1 saturated heterocycles. The number of aromatic nitrogens is 1. The third-order valence-electron chi connectivity index (χ3n) is 5.61. The molecule has 8 nitrogen and oxygen atoms in total. The van der Waals surface area contributed by atoms with Gasteiger partial charge in [0, 0.05) is 37.3 Å². The molecular formula is C21H24Cl2N4O4S2. The highest BCUT2D eigenvalue weighted by Crippen LogP contribution is 2.35. The molecule has 33 heavy (non-hydrogen) atoms. The third-order valence-corrected chi connectivity index (χ3v) is 9.48. The summed E-state index contributed by atoms with van der Waals surface area (Å²) in [7, 11) is -7.71. The zero-order valence-corrected chi connectivity index (χ0v) is 21.0. The normalized spacial score (nSPS) is 18.0. The van der Waals surface area contributed by atoms with Gasteiger partial charge in [-0.15, -0.1) is 0 Å². The van der Waals surface area contributed by atoms with E-state index in [1.54, 1.807) is 6.07 Å². The molecule has 0 spiro atoms. The van der Waals surface area contributed by atoms with Gasteiger partial charge in [0.05, 0.1) is 31.0 Å². The number of halogens is 2. The molecule has 178 valence electrons. The lowest BCUT2D eigenvalue weighted by molar-refractivity contribution is 0.287. The number of benzene rings is 2. The average molecular weight is 531 g/mol. The van der Waals surface area contributed by atoms with Crippen LogP contribution in [0.4, 0.5) is 5.69 Å². The van der Waals surface area contributed by atoms with Crippen molar-refractivity contribution in [3.05, 3.63) is 52.6 Å². The van der Waals surface area contributed by atoms with Gasteiger partial charge in [0.15, 0.2) is 0 Å². The molecule has 1 aliphatic heterocycles. The van der Waals surface area contributed by atoms with E-state index in [1.807, 2.05) is 0 Å². The van der Waals surface area contributed by atoms with Gasteiger partial charge in [-0.2, -0.15) is 4.31 Å². The highest BCUT2D eigenvalue weighted by molar-refractivity contribution is 7.92. The number of aromatic amines is 1. The SMILES string of the molecule is CCCC1CN(S(=O)(=O)c2ccc(S(=O)(=O)Nc3ccc(Cl)c4c(Cl)c[nH]c34)cc2)CCN1. The number of hydrogen-bond donors (Lipinski definition) is 3. The van der Waals surface area contributed by atoms with E-state index < -0.39 is 20.0 Å². The van der Waals surface area contributed by atoms with Crippen molar-refractivity contribution in [1.82, 2.24) is 14.6 Å². The minimum atomic E-state index is -3.99. The summed E-state index contributed by atoms with van der Waals surface area (Å²) in [6.45, 7) is 3.40. The highest BCUT2D eigenvalue weighted by atomic mass is 35.5. The molecule has 0 amide bonds. The van der Waals surface area contributed by atoms with Crippen LogP contribution in [0.15, 0.2) is 52.4 Å². The van der Waals surface area contributed by atoms with Crippen LogP contribution in [-0.2, 0) is 20.0 Å². The lowest BCUT2D eigenvalue weighted by Crippen LogP contribution is -2.52. The summed E-state index contributed by atoms with van der Waals surface area (Å²) in [6, 6.07) is 8.42. The first kappa shape index (κ1) is 24.3. The van der Waals surface area contributed by atoms with Gasteiger partial charge in [-0.3, -0.25) is 4.72 Å². The molecule has 1 aromatic heterocycles. The van der Waals surface area contributed by atoms with E-state index in [0.29, 0.717) is 40.6 Å². The van der Waals surface area contributed by atoms with Crippen molar-refractivity contribution >= 4 is 59.8 Å². The van der Waals surface area contributed by atoms with Crippen molar-refractivity contribution in [1.29, 1.82) is 0 Å². The van der Waals surface area contributed by atoms with Gasteiger partial charge in [-0.05, 0) is 42.8 Å². The lowest BCUT2D eigenvalue weighted by atomic mass is 10.1. The first-order valence-corrected chi connectivity index (χ1v) is 14.1. The molecule has 12 heteroatoms. The summed E-state index contributed by atoms with van der Waals surface area (Å²) >= 11 is 12.3. The van der Waals surface area contributed by atoms with Crippen molar-refractivity contribution in [3.8, 4) is 0 Å². The Labute approximate surface area is 203 Å². The van der Waals surface area contributed by atoms with Crippen LogP contribution in [0.25, 0.3) is 10.9 Å². The Balaban J connectivity index is 1.57. The Morgan fingerprint density at radius 1 is 1.03 bits per heavy atom. The van der Waals surface area contributed by atoms with Crippen LogP contribution >= 0.6 is 23.2 Å². The van der Waals surface area contributed by atoms with E-state index in [9.17, 15) is 16.8 Å². The zero-order valence-electron chi connectivity index (χ0n) is 17.8. The second-order valence-electron chi connectivity index (χ2n) is 7.86. The van der Waals surface area contributed by atoms with Crippen LogP contribution in [0.3, 0.4) is 0 Å². The number of fused-ring (bicyclic) bond motifs is 1. The molecule has 4 rings (SSSR count). The first-order valence-electron chi connectivity index (χ1n) is 10.4. The molecular weight excluding hydrogens is 507 g/mol. The van der Waals surface area contributed by atoms with Gasteiger partial charge in [-0.1, -0.05) is 36.5 Å². The predicted octanol–water partition coefficient (Wildman–Crippen LogP) is 4.04. The molecule has 0 saturated carbocycles. The topological polar surface area (TPSA) is 111 Å². The number of H-pyrrole nitrogens is 1. The molecule has 0 aliphatic carbocycles. The van der Waals surface area contributed by atoms with Crippen LogP contribution in [-0.4, -0.2) is 51.8 Å². The van der Waals surface area contributed by atoms with Crippen LogP contribution in [0.2, 0.25) is 10.0 Å². The van der Waals surface area contributed by atoms with E-state index in [1.165, 1.54) is 40.8 Å². The van der Waals surface area contributed by atoms with Crippen molar-refractivity contribution in [2.75, 3.05) is 24.4 Å². The molecule has 1 fully saturated rings. The molecule has 0 radical (unpaired) electrons. The van der Waals surface area contributed by atoms with Gasteiger partial charge in [-0.25, -0.2) is 16.8 Å². The minimum absolute atomic E-state index is 0.0589. The van der Waals surface area contributed by atoms with E-state index in [2.05, 4.69) is 21.9 Å². The molecule has 1 atom stereocenters. The third kappa shape index (κ3) is 4.87. The first-order chi connectivity index (χ1) is 15.6. The standard InChI is InChI=1S/C21H24Cl2N4O4S2/c1-2-3-14-13-27(11-10-24-14)33(30,31)16-6-4-15(5-7-16)32(28,29)26-19-9-8-17(22)20-18(23)12-25-21(19)20/h4-9,12,14,24-26H,2-3,10-11,13H2,1H3. The second kappa shape index (κ2) is 9.44. The monoisotopic (exact) mass is 530 g/mol. The summed E-state index contributed by atoms with van der Waals surface area (Å²) in [4.78, 5) is 2.91. The van der Waals surface area contributed by atoms with Crippen LogP contribution in [0.1, 0.15) is 19.8 Å². The average Bonchev–Trinajstić information content (AvgIpc) is 3.19. The Bertz CT molecular complexity index is 1370. The highest BCUT2D eigenvalue weighted by Gasteiger charge is 2.30. The summed E-state index contributed by atoms with van der Waals surface area (Å²) in [5.74, 6) is 0. The molecule has 3 N–H and O–H groups in total. The van der Waals surface area contributed by atoms with Crippen LogP contribution < -0.4 is 10.0 Å². The van der Waals surface area contributed by atoms with Gasteiger partial charge >= 0.3 is 0 Å². The summed E-state index contributed by atoms with van der Waals surface area (Å²) in [6.07, 6.45) is 3.37. The number of nitrogens with one attached hydrogen (secondary N) is 3. The van der Waals surface area contributed by atoms with Crippen molar-refractivity contribution < 1.29 is 16.8 Å². The molecule has 3 aromatic rings. The number of sulfonamides is 2. The lowest BCUT2D eigenvalue weighted by Gasteiger charge is -2.32. The van der Waals surface area contributed by atoms with Crippen molar-refractivity contribution in [2.45, 2.75) is 35.6 Å². The number of piperazine rings is 1. The van der Waals surface area contributed by atoms with E-state index in [4.69, 9.17) is 23.2 Å². The molecule has 1 aliphatic rings. The Morgan fingerprint density at radius 3 is 2.42 bits per heavy atom. The maximum Gasteiger partial charge on any atom is 0.261 e. The quantitative estimate of drug-likeness (QED) is 0.426. The Kier molecular flexibility index (Phi) is 6.95. The molecule has 2 aromatic carbocycles. The number of anilines is 1. The van der Waals surface area contributed by atoms with Gasteiger partial charge < -0.3 is 10.3 Å². The largest absolute Gasteiger partial charge is 0.358 e. The maximum atomic E-state index is 13.1. The molecule has 0 bridgehead atoms. The van der Waals surface area contributed by atoms with Crippen molar-refractivity contribution in [3.63, 3.8) is 0 Å². The van der Waals surface area contributed by atoms with E-state index >= 15 is 0 Å². The summed E-state index contributed by atoms with van der Waals surface area (Å²) < 4.78 is 56.0. The summed E-state index contributed by atoms with van der Waals surface area (Å²) in [5.41, 5.74) is 0.733. The maximum absolute atomic E-state index is 13.1. The summed E-state index contributed by atoms with van der Waals surface area (Å²) in [5, 5.41) is 4.61. The van der Waals surface area contributed by atoms with Crippen LogP contribution in [0.5, 0.6) is 0 Å². The van der Waals surface area contributed by atoms with Crippen molar-refractivity contribution in [2.24, 2.45) is 0 Å². The number of nitrogens with zero attached hydrogens (tertiary/aromatic N) is 1. The number of hydrogen-bond acceptors (Lipinski definition) is 5. The molecule has 1 unspecified atom stereocenters. The number of rotatable bonds is 7. The van der Waals surface area contributed by atoms with E-state index in [0.717, 1.165) is 12.8 Å². The Morgan fingerprint density at radius 2 is 1.73 bits per heavy atom. The van der Waals surface area contributed by atoms with Gasteiger partial charge in [0.2, 0.25) is 10.0 Å². The van der Waals surface area contributed by atoms with E-state index in [-0.39, 0.29) is 21.5 Å². The fraction of sp³-hybridized carbons (Fsp3) is 0.333. The van der Waals surface area contributed by atoms with Crippen LogP contribution in [0, 0.1) is 0 Å². The molecule has 2 heterocycles. The predicted molar refractivity (Wildman–Crippen MR) is 131 cm³/mol.